The van der Waals surface area contributed by atoms with Gasteiger partial charge in [-0.25, -0.2) is 9.97 Å². The number of methoxy groups -OCH3 is 1. The van der Waals surface area contributed by atoms with Crippen molar-refractivity contribution in [2.75, 3.05) is 44.9 Å². The molecule has 2 amide bonds. The van der Waals surface area contributed by atoms with E-state index in [1.807, 2.05) is 12.1 Å². The van der Waals surface area contributed by atoms with Crippen molar-refractivity contribution in [1.29, 1.82) is 0 Å². The lowest BCUT2D eigenvalue weighted by atomic mass is 9.99. The third-order valence-electron chi connectivity index (χ3n) is 6.69. The van der Waals surface area contributed by atoms with Gasteiger partial charge in [-0.15, -0.1) is 11.8 Å². The third-order valence-corrected chi connectivity index (χ3v) is 7.74. The van der Waals surface area contributed by atoms with Crippen molar-refractivity contribution in [1.82, 2.24) is 24.8 Å². The largest absolute Gasteiger partial charge is 0.481 e. The van der Waals surface area contributed by atoms with Gasteiger partial charge >= 0.3 is 0 Å². The second-order valence-corrected chi connectivity index (χ2v) is 9.98. The van der Waals surface area contributed by atoms with E-state index in [0.29, 0.717) is 30.4 Å². The van der Waals surface area contributed by atoms with Crippen molar-refractivity contribution in [3.8, 4) is 5.88 Å². The summed E-state index contributed by atoms with van der Waals surface area (Å²) in [6, 6.07) is 8.83. The number of likely N-dealkylation sites (N-methyl/N-ethyl adjacent to an activating group) is 1. The van der Waals surface area contributed by atoms with Gasteiger partial charge in [0.15, 0.2) is 0 Å². The molecule has 10 nitrogen and oxygen atoms in total. The maximum atomic E-state index is 13.1. The predicted octanol–water partition coefficient (Wildman–Crippen LogP) is 1.83. The number of anilines is 1. The number of carbonyl (C=O) groups excluding carboxylic acids is 2. The second kappa shape index (κ2) is 10.4. The first-order chi connectivity index (χ1) is 17.4. The summed E-state index contributed by atoms with van der Waals surface area (Å²) in [6.07, 6.45) is 2.50. The number of thioether (sulfide) groups is 1. The maximum Gasteiger partial charge on any atom is 0.272 e. The lowest BCUT2D eigenvalue weighted by Gasteiger charge is -2.40. The highest BCUT2D eigenvalue weighted by molar-refractivity contribution is 8.00. The van der Waals surface area contributed by atoms with Crippen molar-refractivity contribution in [3.05, 3.63) is 47.8 Å². The van der Waals surface area contributed by atoms with Gasteiger partial charge in [0.25, 0.3) is 5.91 Å². The number of aliphatic hydroxyl groups excluding tert-OH is 1. The maximum absolute atomic E-state index is 13.1. The summed E-state index contributed by atoms with van der Waals surface area (Å²) >= 11 is 1.40. The fraction of sp³-hybridized carbons (Fsp3) is 0.400. The molecule has 0 saturated carbocycles. The number of β-amino-alcohol motifs (C(OH)–C–C–N with tert-alkyl or cyclic N) is 1. The molecule has 0 aromatic carbocycles. The van der Waals surface area contributed by atoms with Crippen LogP contribution in [0, 0.1) is 0 Å². The molecule has 0 bridgehead atoms. The van der Waals surface area contributed by atoms with E-state index >= 15 is 0 Å². The number of amides is 2. The number of nitrogens with zero attached hydrogens (tertiary/aromatic N) is 5. The number of aromatic nitrogens is 3. The highest BCUT2D eigenvalue weighted by Crippen LogP contribution is 2.30. The standard InChI is InChI=1S/C25H28N6O4S/c1-30(25(34)17-3-5-20-24(27-17)28-21(33)14-36-20)18-9-12-31(13-19(18)32)11-8-15-7-10-26-16-4-6-22(35-2)29-23(15)16/h3-7,10,18-19,32H,8-9,11-14H2,1-2H3,(H,27,28,33)/t18-,19-/m1/s1. The molecule has 3 aromatic rings. The van der Waals surface area contributed by atoms with E-state index < -0.39 is 6.10 Å². The molecule has 11 heteroatoms. The van der Waals surface area contributed by atoms with Crippen LogP contribution in [0.4, 0.5) is 5.82 Å². The number of ether oxygens (including phenoxy) is 1. The highest BCUT2D eigenvalue weighted by Gasteiger charge is 2.33. The summed E-state index contributed by atoms with van der Waals surface area (Å²) in [4.78, 5) is 42.7. The molecule has 5 rings (SSSR count). The lowest BCUT2D eigenvalue weighted by molar-refractivity contribution is -0.113. The molecule has 188 valence electrons. The Morgan fingerprint density at radius 2 is 2.14 bits per heavy atom. The molecule has 2 N–H and O–H groups in total. The summed E-state index contributed by atoms with van der Waals surface area (Å²) in [6.45, 7) is 1.97. The van der Waals surface area contributed by atoms with Crippen LogP contribution in [0.5, 0.6) is 5.88 Å². The van der Waals surface area contributed by atoms with E-state index in [2.05, 4.69) is 25.2 Å². The molecule has 0 aliphatic carbocycles. The number of fused-ring (bicyclic) bond motifs is 2. The van der Waals surface area contributed by atoms with Crippen LogP contribution in [-0.4, -0.2) is 93.4 Å². The number of hydrogen-bond donors (Lipinski definition) is 2. The molecule has 0 radical (unpaired) electrons. The molecule has 5 heterocycles. The Morgan fingerprint density at radius 1 is 1.28 bits per heavy atom. The van der Waals surface area contributed by atoms with Gasteiger partial charge in [-0.3, -0.25) is 14.6 Å². The average Bonchev–Trinajstić information content (AvgIpc) is 2.90. The van der Waals surface area contributed by atoms with Gasteiger partial charge in [0.05, 0.1) is 40.9 Å². The molecule has 36 heavy (non-hydrogen) atoms. The van der Waals surface area contributed by atoms with Crippen molar-refractivity contribution in [2.45, 2.75) is 29.9 Å². The zero-order chi connectivity index (χ0) is 25.2. The Balaban J connectivity index is 1.21. The normalized spacial score (nSPS) is 20.0. The van der Waals surface area contributed by atoms with Crippen LogP contribution in [0.3, 0.4) is 0 Å². The average molecular weight is 509 g/mol. The smallest absolute Gasteiger partial charge is 0.272 e. The molecule has 2 aliphatic rings. The van der Waals surface area contributed by atoms with Crippen LogP contribution in [0.2, 0.25) is 0 Å². The van der Waals surface area contributed by atoms with Crippen LogP contribution in [0.25, 0.3) is 11.0 Å². The topological polar surface area (TPSA) is 121 Å². The molecular weight excluding hydrogens is 480 g/mol. The van der Waals surface area contributed by atoms with Crippen molar-refractivity contribution < 1.29 is 19.4 Å². The second-order valence-electron chi connectivity index (χ2n) is 8.96. The molecule has 0 unspecified atom stereocenters. The minimum atomic E-state index is -0.687. The quantitative estimate of drug-likeness (QED) is 0.514. The number of aliphatic hydroxyl groups is 1. The van der Waals surface area contributed by atoms with Gasteiger partial charge in [0, 0.05) is 38.9 Å². The fourth-order valence-corrected chi connectivity index (χ4v) is 5.47. The van der Waals surface area contributed by atoms with Crippen LogP contribution in [0.1, 0.15) is 22.5 Å². The van der Waals surface area contributed by atoms with E-state index in [1.165, 1.54) is 11.8 Å². The minimum Gasteiger partial charge on any atom is -0.481 e. The van der Waals surface area contributed by atoms with Crippen LogP contribution in [0.15, 0.2) is 41.4 Å². The van der Waals surface area contributed by atoms with Gasteiger partial charge in [-0.1, -0.05) is 0 Å². The first-order valence-corrected chi connectivity index (χ1v) is 12.8. The van der Waals surface area contributed by atoms with Crippen molar-refractivity contribution >= 4 is 40.4 Å². The Morgan fingerprint density at radius 3 is 2.94 bits per heavy atom. The lowest BCUT2D eigenvalue weighted by Crippen LogP contribution is -2.54. The number of rotatable bonds is 6. The number of hydrogen-bond acceptors (Lipinski definition) is 9. The number of piperidine rings is 1. The van der Waals surface area contributed by atoms with Crippen LogP contribution < -0.4 is 10.1 Å². The Bertz CT molecular complexity index is 1300. The molecule has 0 spiro atoms. The predicted molar refractivity (Wildman–Crippen MR) is 136 cm³/mol. The van der Waals surface area contributed by atoms with Gasteiger partial charge < -0.3 is 25.0 Å². The van der Waals surface area contributed by atoms with Crippen molar-refractivity contribution in [2.24, 2.45) is 0 Å². The summed E-state index contributed by atoms with van der Waals surface area (Å²) in [5.41, 5.74) is 2.97. The zero-order valence-corrected chi connectivity index (χ0v) is 21.0. The van der Waals surface area contributed by atoms with Crippen molar-refractivity contribution in [3.63, 3.8) is 0 Å². The minimum absolute atomic E-state index is 0.129. The molecule has 2 aliphatic heterocycles. The van der Waals surface area contributed by atoms with E-state index in [-0.39, 0.29) is 23.6 Å². The third kappa shape index (κ3) is 4.99. The van der Waals surface area contributed by atoms with E-state index in [9.17, 15) is 14.7 Å². The highest BCUT2D eigenvalue weighted by atomic mass is 32.2. The monoisotopic (exact) mass is 508 g/mol. The van der Waals surface area contributed by atoms with E-state index in [0.717, 1.165) is 41.0 Å². The number of pyridine rings is 3. The van der Waals surface area contributed by atoms with Gasteiger partial charge in [-0.05, 0) is 42.7 Å². The number of carbonyl (C=O) groups is 2. The van der Waals surface area contributed by atoms with Crippen LogP contribution in [-0.2, 0) is 11.2 Å². The number of likely N-dealkylation sites (tertiary alicyclic amines) is 1. The molecule has 1 fully saturated rings. The first-order valence-electron chi connectivity index (χ1n) is 11.8. The van der Waals surface area contributed by atoms with Gasteiger partial charge in [0.2, 0.25) is 11.8 Å². The molecule has 3 aromatic heterocycles. The first kappa shape index (κ1) is 24.4. The molecule has 2 atom stereocenters. The van der Waals surface area contributed by atoms with Gasteiger partial charge in [-0.2, -0.15) is 0 Å². The molecular formula is C25H28N6O4S. The van der Waals surface area contributed by atoms with Gasteiger partial charge in [0.1, 0.15) is 11.5 Å². The van der Waals surface area contributed by atoms with Crippen LogP contribution >= 0.6 is 11.8 Å². The summed E-state index contributed by atoms with van der Waals surface area (Å²) < 4.78 is 5.26. The Hall–Kier alpha value is -3.28. The fourth-order valence-electron chi connectivity index (χ4n) is 4.71. The Kier molecular flexibility index (Phi) is 7.04. The SMILES string of the molecule is COc1ccc2nccc(CCN3CC[C@@H](N(C)C(=O)c4ccc5c(n4)NC(=O)CS5)[C@H](O)C3)c2n1. The Labute approximate surface area is 213 Å². The zero-order valence-electron chi connectivity index (χ0n) is 20.2. The summed E-state index contributed by atoms with van der Waals surface area (Å²) in [7, 11) is 3.29. The summed E-state index contributed by atoms with van der Waals surface area (Å²) in [5.74, 6) is 0.907. The van der Waals surface area contributed by atoms with E-state index in [4.69, 9.17) is 4.74 Å². The summed E-state index contributed by atoms with van der Waals surface area (Å²) in [5, 5.41) is 13.6. The molecule has 1 saturated heterocycles. The number of nitrogens with one attached hydrogen (secondary N) is 1. The van der Waals surface area contributed by atoms with E-state index in [1.54, 1.807) is 43.5 Å².